The molecule has 0 aliphatic carbocycles. The average molecular weight is 417 g/mol. The second-order valence-electron chi connectivity index (χ2n) is 6.88. The van der Waals surface area contributed by atoms with Crippen LogP contribution < -0.4 is 9.47 Å². The van der Waals surface area contributed by atoms with Crippen LogP contribution in [-0.4, -0.2) is 38.7 Å². The number of imidazole rings is 1. The predicted molar refractivity (Wildman–Crippen MR) is 107 cm³/mol. The minimum absolute atomic E-state index is 0.0587. The third kappa shape index (κ3) is 4.91. The molecular weight excluding hydrogens is 396 g/mol. The number of aromatic nitrogens is 3. The van der Waals surface area contributed by atoms with Crippen molar-refractivity contribution in [1.82, 2.24) is 14.4 Å². The van der Waals surface area contributed by atoms with Crippen LogP contribution in [0.15, 0.2) is 36.8 Å². The second kappa shape index (κ2) is 9.34. The van der Waals surface area contributed by atoms with E-state index in [9.17, 15) is 18.7 Å². The lowest BCUT2D eigenvalue weighted by atomic mass is 10.1. The molecule has 0 aliphatic rings. The van der Waals surface area contributed by atoms with Gasteiger partial charge in [-0.1, -0.05) is 26.0 Å². The van der Waals surface area contributed by atoms with Crippen LogP contribution in [0.4, 0.5) is 8.78 Å². The van der Waals surface area contributed by atoms with Crippen LogP contribution in [0.3, 0.4) is 0 Å². The Morgan fingerprint density at radius 3 is 2.77 bits per heavy atom. The number of carboxylic acids is 1. The summed E-state index contributed by atoms with van der Waals surface area (Å²) in [5.74, 6) is -0.721. The lowest BCUT2D eigenvalue weighted by Gasteiger charge is -2.15. The molecule has 0 radical (unpaired) electrons. The van der Waals surface area contributed by atoms with Crippen LogP contribution in [-0.2, 0) is 0 Å². The Morgan fingerprint density at radius 1 is 1.27 bits per heavy atom. The largest absolute Gasteiger partial charge is 0.489 e. The maximum absolute atomic E-state index is 12.8. The van der Waals surface area contributed by atoms with Crippen molar-refractivity contribution >= 4 is 23.8 Å². The smallest absolute Gasteiger partial charge is 0.387 e. The number of aromatic carboxylic acids is 1. The maximum Gasteiger partial charge on any atom is 0.387 e. The molecule has 3 aromatic rings. The van der Waals surface area contributed by atoms with Gasteiger partial charge < -0.3 is 14.6 Å². The Balaban J connectivity index is 1.99. The Morgan fingerprint density at radius 2 is 2.07 bits per heavy atom. The highest BCUT2D eigenvalue weighted by Crippen LogP contribution is 2.34. The monoisotopic (exact) mass is 417 g/mol. The van der Waals surface area contributed by atoms with Gasteiger partial charge in [0, 0.05) is 11.8 Å². The zero-order valence-corrected chi connectivity index (χ0v) is 16.5. The minimum atomic E-state index is -3.00. The van der Waals surface area contributed by atoms with Gasteiger partial charge in [0.25, 0.3) is 0 Å². The zero-order chi connectivity index (χ0) is 21.7. The second-order valence-corrected chi connectivity index (χ2v) is 6.88. The highest BCUT2D eigenvalue weighted by molar-refractivity contribution is 5.92. The van der Waals surface area contributed by atoms with Crippen molar-refractivity contribution in [2.45, 2.75) is 26.9 Å². The van der Waals surface area contributed by atoms with Gasteiger partial charge in [-0.2, -0.15) is 8.78 Å². The number of para-hydroxylation sites is 1. The minimum Gasteiger partial charge on any atom is -0.489 e. The molecule has 158 valence electrons. The highest BCUT2D eigenvalue weighted by Gasteiger charge is 2.18. The molecule has 30 heavy (non-hydrogen) atoms. The third-order valence-electron chi connectivity index (χ3n) is 4.25. The first-order valence-corrected chi connectivity index (χ1v) is 9.31. The summed E-state index contributed by atoms with van der Waals surface area (Å²) in [6, 6.07) is 6.20. The number of ether oxygens (including phenoxy) is 2. The molecule has 1 aromatic carbocycles. The van der Waals surface area contributed by atoms with Crippen LogP contribution in [0.2, 0.25) is 0 Å². The van der Waals surface area contributed by atoms with E-state index in [0.29, 0.717) is 23.7 Å². The number of halogens is 2. The van der Waals surface area contributed by atoms with E-state index in [1.54, 1.807) is 24.3 Å². The van der Waals surface area contributed by atoms with Crippen molar-refractivity contribution < 1.29 is 28.2 Å². The molecule has 0 saturated carbocycles. The van der Waals surface area contributed by atoms with Crippen LogP contribution in [0.25, 0.3) is 17.8 Å². The van der Waals surface area contributed by atoms with E-state index in [2.05, 4.69) is 14.7 Å². The molecule has 0 amide bonds. The van der Waals surface area contributed by atoms with Crippen molar-refractivity contribution in [2.24, 2.45) is 5.92 Å². The summed E-state index contributed by atoms with van der Waals surface area (Å²) < 4.78 is 37.3. The Hall–Kier alpha value is -3.49. The topological polar surface area (TPSA) is 86.0 Å². The van der Waals surface area contributed by atoms with Gasteiger partial charge in [-0.05, 0) is 36.6 Å². The lowest BCUT2D eigenvalue weighted by Crippen LogP contribution is -2.07. The SMILES string of the molecule is CC(C)CCOc1c(C=Cc2nc3ccncn3c2C(=O)O)cccc1OC(F)F. The van der Waals surface area contributed by atoms with Gasteiger partial charge in [0.05, 0.1) is 12.3 Å². The number of rotatable bonds is 9. The summed E-state index contributed by atoms with van der Waals surface area (Å²) >= 11 is 0. The molecule has 3 rings (SSSR count). The molecular formula is C21H21F2N3O4. The summed E-state index contributed by atoms with van der Waals surface area (Å²) in [7, 11) is 0. The first-order valence-electron chi connectivity index (χ1n) is 9.31. The molecule has 2 aromatic heterocycles. The van der Waals surface area contributed by atoms with Gasteiger partial charge in [0.1, 0.15) is 12.0 Å². The molecule has 0 unspecified atom stereocenters. The van der Waals surface area contributed by atoms with E-state index in [4.69, 9.17) is 4.74 Å². The third-order valence-corrected chi connectivity index (χ3v) is 4.25. The van der Waals surface area contributed by atoms with Crippen molar-refractivity contribution in [3.63, 3.8) is 0 Å². The number of hydrogen-bond donors (Lipinski definition) is 1. The number of fused-ring (bicyclic) bond motifs is 1. The van der Waals surface area contributed by atoms with E-state index in [1.165, 1.54) is 29.1 Å². The van der Waals surface area contributed by atoms with Gasteiger partial charge in [-0.15, -0.1) is 0 Å². The van der Waals surface area contributed by atoms with Gasteiger partial charge in [0.2, 0.25) is 0 Å². The number of hydrogen-bond acceptors (Lipinski definition) is 5. The van der Waals surface area contributed by atoms with Crippen molar-refractivity contribution in [3.8, 4) is 11.5 Å². The van der Waals surface area contributed by atoms with E-state index in [-0.39, 0.29) is 22.9 Å². The van der Waals surface area contributed by atoms with Gasteiger partial charge in [0.15, 0.2) is 17.2 Å². The van der Waals surface area contributed by atoms with E-state index < -0.39 is 12.6 Å². The van der Waals surface area contributed by atoms with Crippen LogP contribution in [0.5, 0.6) is 11.5 Å². The Kier molecular flexibility index (Phi) is 6.61. The average Bonchev–Trinajstić information content (AvgIpc) is 3.05. The Labute approximate surface area is 171 Å². The number of carbonyl (C=O) groups is 1. The fourth-order valence-electron chi connectivity index (χ4n) is 2.82. The van der Waals surface area contributed by atoms with Crippen LogP contribution >= 0.6 is 0 Å². The fourth-order valence-corrected chi connectivity index (χ4v) is 2.82. The lowest BCUT2D eigenvalue weighted by molar-refractivity contribution is -0.0515. The first-order chi connectivity index (χ1) is 14.4. The zero-order valence-electron chi connectivity index (χ0n) is 16.5. The maximum atomic E-state index is 12.8. The number of benzene rings is 1. The summed E-state index contributed by atoms with van der Waals surface area (Å²) in [6.07, 6.45) is 6.65. The molecule has 7 nitrogen and oxygen atoms in total. The molecule has 0 fully saturated rings. The Bertz CT molecular complexity index is 1060. The molecule has 0 atom stereocenters. The van der Waals surface area contributed by atoms with E-state index >= 15 is 0 Å². The standard InChI is InChI=1S/C21H21F2N3O4/c1-13(2)9-11-29-19-14(4-3-5-16(19)30-21(22)23)6-7-15-18(20(27)28)26-12-24-10-8-17(26)25-15/h3-8,10,12-13,21H,9,11H2,1-2H3,(H,27,28). The summed E-state index contributed by atoms with van der Waals surface area (Å²) in [5, 5.41) is 9.57. The van der Waals surface area contributed by atoms with E-state index in [0.717, 1.165) is 6.42 Å². The number of nitrogens with zero attached hydrogens (tertiary/aromatic N) is 3. The quantitative estimate of drug-likeness (QED) is 0.547. The molecule has 0 bridgehead atoms. The van der Waals surface area contributed by atoms with E-state index in [1.807, 2.05) is 13.8 Å². The molecule has 2 heterocycles. The van der Waals surface area contributed by atoms with Gasteiger partial charge in [-0.25, -0.2) is 14.8 Å². The van der Waals surface area contributed by atoms with Crippen LogP contribution in [0.1, 0.15) is 42.0 Å². The number of carboxylic acid groups (broad SMARTS) is 1. The van der Waals surface area contributed by atoms with Gasteiger partial charge in [-0.3, -0.25) is 4.40 Å². The molecule has 1 N–H and O–H groups in total. The summed E-state index contributed by atoms with van der Waals surface area (Å²) in [6.45, 7) is 1.37. The molecule has 0 spiro atoms. The van der Waals surface area contributed by atoms with Crippen molar-refractivity contribution in [1.29, 1.82) is 0 Å². The van der Waals surface area contributed by atoms with Crippen molar-refractivity contribution in [2.75, 3.05) is 6.61 Å². The summed E-state index contributed by atoms with van der Waals surface area (Å²) in [4.78, 5) is 19.9. The van der Waals surface area contributed by atoms with Gasteiger partial charge >= 0.3 is 12.6 Å². The number of alkyl halides is 2. The normalized spacial score (nSPS) is 11.7. The van der Waals surface area contributed by atoms with Crippen LogP contribution in [0, 0.1) is 5.92 Å². The molecule has 0 aliphatic heterocycles. The highest BCUT2D eigenvalue weighted by atomic mass is 19.3. The molecule has 0 saturated heterocycles. The summed E-state index contributed by atoms with van der Waals surface area (Å²) in [5.41, 5.74) is 1.02. The molecule has 9 heteroatoms. The fraction of sp³-hybridized carbons (Fsp3) is 0.286. The first kappa shape index (κ1) is 21.2. The predicted octanol–water partition coefficient (Wildman–Crippen LogP) is 4.62. The van der Waals surface area contributed by atoms with Crippen molar-refractivity contribution in [3.05, 3.63) is 53.7 Å².